The van der Waals surface area contributed by atoms with Crippen molar-refractivity contribution in [3.63, 3.8) is 0 Å². The largest absolute Gasteiger partial charge is 0.417 e. The first kappa shape index (κ1) is 35.0. The molecule has 46 heavy (non-hydrogen) atoms. The zero-order chi connectivity index (χ0) is 33.6. The van der Waals surface area contributed by atoms with Crippen molar-refractivity contribution >= 4 is 55.1 Å². The van der Waals surface area contributed by atoms with E-state index in [9.17, 15) is 31.2 Å². The molecule has 0 fully saturated rings. The zero-order valence-electron chi connectivity index (χ0n) is 24.8. The van der Waals surface area contributed by atoms with Crippen LogP contribution in [0.4, 0.5) is 18.9 Å². The molecule has 4 rings (SSSR count). The molecule has 1 unspecified atom stereocenters. The Morgan fingerprint density at radius 1 is 0.913 bits per heavy atom. The Morgan fingerprint density at radius 3 is 2.17 bits per heavy atom. The molecule has 0 aromatic heterocycles. The summed E-state index contributed by atoms with van der Waals surface area (Å²) in [4.78, 5) is 28.7. The molecule has 2 amide bonds. The first-order chi connectivity index (χ1) is 21.7. The second kappa shape index (κ2) is 14.7. The molecular weight excluding hydrogens is 707 g/mol. The number of amides is 2. The molecular formula is C33H30BrClF3N3O4S. The van der Waals surface area contributed by atoms with Gasteiger partial charge in [-0.1, -0.05) is 87.7 Å². The van der Waals surface area contributed by atoms with Gasteiger partial charge in [-0.3, -0.25) is 13.9 Å². The third-order valence-electron chi connectivity index (χ3n) is 7.19. The number of aryl methyl sites for hydroxylation is 1. The van der Waals surface area contributed by atoms with E-state index in [-0.39, 0.29) is 17.9 Å². The maximum absolute atomic E-state index is 14.3. The minimum absolute atomic E-state index is 0.0874. The molecule has 0 spiro atoms. The molecule has 0 aliphatic rings. The SMILES string of the molecule is CNC(=O)C(Cc1ccccc1)N(Cc1cccc(Br)c1)C(=O)CN(c1ccc(Cl)c(C(F)(F)F)c1)S(=O)(=O)c1ccc(C)cc1. The molecule has 0 heterocycles. The summed E-state index contributed by atoms with van der Waals surface area (Å²) in [5, 5.41) is 1.95. The summed E-state index contributed by atoms with van der Waals surface area (Å²) in [6, 6.07) is 23.2. The van der Waals surface area contributed by atoms with Crippen LogP contribution in [0.5, 0.6) is 0 Å². The summed E-state index contributed by atoms with van der Waals surface area (Å²) < 4.78 is 71.1. The van der Waals surface area contributed by atoms with Gasteiger partial charge < -0.3 is 10.2 Å². The van der Waals surface area contributed by atoms with Crippen LogP contribution in [-0.2, 0) is 38.8 Å². The van der Waals surface area contributed by atoms with Crippen molar-refractivity contribution in [2.75, 3.05) is 17.9 Å². The van der Waals surface area contributed by atoms with Gasteiger partial charge in [0.15, 0.2) is 0 Å². The minimum atomic E-state index is -4.90. The molecule has 0 radical (unpaired) electrons. The molecule has 13 heteroatoms. The van der Waals surface area contributed by atoms with Gasteiger partial charge in [-0.05, 0) is 60.5 Å². The van der Waals surface area contributed by atoms with E-state index in [0.717, 1.165) is 23.3 Å². The van der Waals surface area contributed by atoms with Crippen molar-refractivity contribution in [1.82, 2.24) is 10.2 Å². The first-order valence-electron chi connectivity index (χ1n) is 14.0. The highest BCUT2D eigenvalue weighted by Crippen LogP contribution is 2.38. The van der Waals surface area contributed by atoms with Gasteiger partial charge in [0.1, 0.15) is 12.6 Å². The molecule has 242 valence electrons. The quantitative estimate of drug-likeness (QED) is 0.180. The summed E-state index contributed by atoms with van der Waals surface area (Å²) in [6.07, 6.45) is -4.81. The van der Waals surface area contributed by atoms with Crippen molar-refractivity contribution in [3.8, 4) is 0 Å². The number of benzene rings is 4. The average molecular weight is 737 g/mol. The zero-order valence-corrected chi connectivity index (χ0v) is 27.9. The van der Waals surface area contributed by atoms with E-state index >= 15 is 0 Å². The topological polar surface area (TPSA) is 86.8 Å². The molecule has 1 N–H and O–H groups in total. The van der Waals surface area contributed by atoms with Crippen LogP contribution in [0, 0.1) is 6.92 Å². The molecule has 7 nitrogen and oxygen atoms in total. The Bertz CT molecular complexity index is 1810. The molecule has 0 aliphatic heterocycles. The third kappa shape index (κ3) is 8.48. The molecule has 0 aliphatic carbocycles. The maximum atomic E-state index is 14.3. The van der Waals surface area contributed by atoms with Gasteiger partial charge in [-0.25, -0.2) is 8.42 Å². The van der Waals surface area contributed by atoms with Crippen LogP contribution in [-0.4, -0.2) is 44.8 Å². The van der Waals surface area contributed by atoms with Crippen LogP contribution in [0.2, 0.25) is 5.02 Å². The number of nitrogens with zero attached hydrogens (tertiary/aromatic N) is 2. The molecule has 4 aromatic carbocycles. The van der Waals surface area contributed by atoms with E-state index in [2.05, 4.69) is 21.2 Å². The van der Waals surface area contributed by atoms with E-state index in [0.29, 0.717) is 20.4 Å². The number of rotatable bonds is 11. The van der Waals surface area contributed by atoms with Crippen molar-refractivity contribution in [1.29, 1.82) is 0 Å². The lowest BCUT2D eigenvalue weighted by Gasteiger charge is -2.33. The fourth-order valence-corrected chi connectivity index (χ4v) is 6.88. The van der Waals surface area contributed by atoms with E-state index in [4.69, 9.17) is 11.6 Å². The Hall–Kier alpha value is -3.87. The number of sulfonamides is 1. The second-order valence-electron chi connectivity index (χ2n) is 10.5. The monoisotopic (exact) mass is 735 g/mol. The van der Waals surface area contributed by atoms with E-state index in [1.54, 1.807) is 61.5 Å². The molecule has 1 atom stereocenters. The van der Waals surface area contributed by atoms with Gasteiger partial charge >= 0.3 is 6.18 Å². The van der Waals surface area contributed by atoms with E-state index in [1.807, 2.05) is 0 Å². The highest BCUT2D eigenvalue weighted by Gasteiger charge is 2.37. The van der Waals surface area contributed by atoms with Crippen molar-refractivity contribution in [3.05, 3.63) is 129 Å². The van der Waals surface area contributed by atoms with Crippen LogP contribution >= 0.6 is 27.5 Å². The smallest absolute Gasteiger partial charge is 0.357 e. The number of nitrogens with one attached hydrogen (secondary N) is 1. The number of anilines is 1. The Labute approximate surface area is 279 Å². The highest BCUT2D eigenvalue weighted by molar-refractivity contribution is 9.10. The van der Waals surface area contributed by atoms with Gasteiger partial charge in [-0.15, -0.1) is 0 Å². The second-order valence-corrected chi connectivity index (χ2v) is 13.6. The lowest BCUT2D eigenvalue weighted by molar-refractivity contribution is -0.139. The van der Waals surface area contributed by atoms with Gasteiger partial charge in [0.25, 0.3) is 10.0 Å². The number of carbonyl (C=O) groups is 2. The minimum Gasteiger partial charge on any atom is -0.357 e. The Morgan fingerprint density at radius 2 is 1.57 bits per heavy atom. The fraction of sp³-hybridized carbons (Fsp3) is 0.212. The number of alkyl halides is 3. The fourth-order valence-electron chi connectivity index (χ4n) is 4.80. The number of hydrogen-bond donors (Lipinski definition) is 1. The number of hydrogen-bond acceptors (Lipinski definition) is 4. The molecule has 0 bridgehead atoms. The average Bonchev–Trinajstić information content (AvgIpc) is 3.01. The summed E-state index contributed by atoms with van der Waals surface area (Å²) in [5.41, 5.74) is 0.430. The highest BCUT2D eigenvalue weighted by atomic mass is 79.9. The van der Waals surface area contributed by atoms with E-state index < -0.39 is 56.9 Å². The predicted molar refractivity (Wildman–Crippen MR) is 175 cm³/mol. The molecule has 4 aromatic rings. The summed E-state index contributed by atoms with van der Waals surface area (Å²) >= 11 is 9.26. The standard InChI is InChI=1S/C33H30BrClF3N3O4S/c1-22-11-14-27(15-12-22)46(44,45)41(26-13-16-29(35)28(19-26)33(36,37)38)21-31(42)40(20-24-9-6-10-25(34)17-24)30(32(43)39-2)18-23-7-4-3-5-8-23/h3-17,19,30H,18,20-21H2,1-2H3,(H,39,43). The normalized spacial score (nSPS) is 12.3. The van der Waals surface area contributed by atoms with Gasteiger partial charge in [0.2, 0.25) is 11.8 Å². The number of carbonyl (C=O) groups excluding carboxylic acids is 2. The summed E-state index contributed by atoms with van der Waals surface area (Å²) in [7, 11) is -3.18. The lowest BCUT2D eigenvalue weighted by atomic mass is 10.0. The first-order valence-corrected chi connectivity index (χ1v) is 16.6. The van der Waals surface area contributed by atoms with Crippen LogP contribution in [0.15, 0.2) is 106 Å². The molecule has 0 saturated heterocycles. The van der Waals surface area contributed by atoms with Crippen molar-refractivity contribution in [2.45, 2.75) is 37.0 Å². The Kier molecular flexibility index (Phi) is 11.2. The summed E-state index contributed by atoms with van der Waals surface area (Å²) in [6.45, 7) is 0.736. The van der Waals surface area contributed by atoms with Crippen LogP contribution in [0.1, 0.15) is 22.3 Å². The van der Waals surface area contributed by atoms with Crippen molar-refractivity contribution < 1.29 is 31.2 Å². The van der Waals surface area contributed by atoms with Crippen LogP contribution < -0.4 is 9.62 Å². The lowest BCUT2D eigenvalue weighted by Crippen LogP contribution is -2.53. The molecule has 0 saturated carbocycles. The van der Waals surface area contributed by atoms with Crippen molar-refractivity contribution in [2.24, 2.45) is 0 Å². The van der Waals surface area contributed by atoms with E-state index in [1.165, 1.54) is 36.2 Å². The maximum Gasteiger partial charge on any atom is 0.417 e. The summed E-state index contributed by atoms with van der Waals surface area (Å²) in [5.74, 6) is -1.32. The predicted octanol–water partition coefficient (Wildman–Crippen LogP) is 7.01. The van der Waals surface area contributed by atoms with Crippen LogP contribution in [0.3, 0.4) is 0 Å². The van der Waals surface area contributed by atoms with Crippen LogP contribution in [0.25, 0.3) is 0 Å². The van der Waals surface area contributed by atoms with Gasteiger partial charge in [0.05, 0.1) is 21.2 Å². The van der Waals surface area contributed by atoms with Gasteiger partial charge in [0, 0.05) is 24.5 Å². The number of likely N-dealkylation sites (N-methyl/N-ethyl adjacent to an activating group) is 1. The van der Waals surface area contributed by atoms with Gasteiger partial charge in [-0.2, -0.15) is 13.2 Å². The number of halogens is 5. The Balaban J connectivity index is 1.85. The third-order valence-corrected chi connectivity index (χ3v) is 9.80.